The highest BCUT2D eigenvalue weighted by Gasteiger charge is 2.38. The summed E-state index contributed by atoms with van der Waals surface area (Å²) < 4.78 is 24.8. The summed E-state index contributed by atoms with van der Waals surface area (Å²) in [5.41, 5.74) is 0. The zero-order valence-electron chi connectivity index (χ0n) is 13.4. The first-order valence-electron chi connectivity index (χ1n) is 7.60. The molecule has 2 rings (SSSR count). The zero-order valence-corrected chi connectivity index (χ0v) is 14.3. The standard InChI is InChI=1S/C14H27N3O3S/c1-11-8-16(10-13(11)15(2)3)14(18)12-6-5-7-17(9-12)21(4,19)20/h11-13H,5-10H2,1-4H3/t11-,12+,13-/m1/s1. The first-order chi connectivity index (χ1) is 9.70. The average Bonchev–Trinajstić information content (AvgIpc) is 2.79. The maximum absolute atomic E-state index is 12.7. The van der Waals surface area contributed by atoms with Gasteiger partial charge in [0.05, 0.1) is 12.2 Å². The Morgan fingerprint density at radius 2 is 1.86 bits per heavy atom. The summed E-state index contributed by atoms with van der Waals surface area (Å²) in [7, 11) is 0.889. The Labute approximate surface area is 128 Å². The topological polar surface area (TPSA) is 60.9 Å². The Balaban J connectivity index is 2.01. The molecular formula is C14H27N3O3S. The molecule has 0 spiro atoms. The van der Waals surface area contributed by atoms with E-state index in [0.717, 1.165) is 25.9 Å². The molecule has 3 atom stereocenters. The molecule has 2 aliphatic rings. The van der Waals surface area contributed by atoms with Crippen molar-refractivity contribution in [2.75, 3.05) is 46.5 Å². The predicted molar refractivity (Wildman–Crippen MR) is 82.4 cm³/mol. The molecule has 0 unspecified atom stereocenters. The molecule has 2 saturated heterocycles. The molecule has 0 aromatic heterocycles. The number of carbonyl (C=O) groups is 1. The van der Waals surface area contributed by atoms with Gasteiger partial charge in [-0.15, -0.1) is 0 Å². The van der Waals surface area contributed by atoms with Gasteiger partial charge < -0.3 is 9.80 Å². The second-order valence-electron chi connectivity index (χ2n) is 6.71. The van der Waals surface area contributed by atoms with E-state index in [4.69, 9.17) is 0 Å². The van der Waals surface area contributed by atoms with Crippen molar-refractivity contribution in [3.8, 4) is 0 Å². The SMILES string of the molecule is C[C@@H]1CN(C(=O)[C@H]2CCCN(S(C)(=O)=O)C2)C[C@H]1N(C)C. The maximum atomic E-state index is 12.7. The summed E-state index contributed by atoms with van der Waals surface area (Å²) in [6.45, 7) is 4.58. The fourth-order valence-electron chi connectivity index (χ4n) is 3.51. The first kappa shape index (κ1) is 16.7. The molecule has 2 fully saturated rings. The van der Waals surface area contributed by atoms with Crippen LogP contribution in [-0.4, -0.2) is 81.0 Å². The van der Waals surface area contributed by atoms with Gasteiger partial charge in [0.2, 0.25) is 15.9 Å². The number of carbonyl (C=O) groups excluding carboxylic acids is 1. The fourth-order valence-corrected chi connectivity index (χ4v) is 4.42. The lowest BCUT2D eigenvalue weighted by atomic mass is 9.98. The second kappa shape index (κ2) is 6.22. The molecule has 0 saturated carbocycles. The number of likely N-dealkylation sites (N-methyl/N-ethyl adjacent to an activating group) is 1. The Morgan fingerprint density at radius 3 is 2.38 bits per heavy atom. The van der Waals surface area contributed by atoms with Crippen molar-refractivity contribution < 1.29 is 13.2 Å². The third kappa shape index (κ3) is 3.76. The molecule has 0 aromatic carbocycles. The fraction of sp³-hybridized carbons (Fsp3) is 0.929. The summed E-state index contributed by atoms with van der Waals surface area (Å²) in [5, 5.41) is 0. The number of hydrogen-bond acceptors (Lipinski definition) is 4. The molecule has 21 heavy (non-hydrogen) atoms. The van der Waals surface area contributed by atoms with Crippen LogP contribution in [0.4, 0.5) is 0 Å². The molecular weight excluding hydrogens is 290 g/mol. The molecule has 2 heterocycles. The van der Waals surface area contributed by atoms with Crippen LogP contribution in [0.5, 0.6) is 0 Å². The van der Waals surface area contributed by atoms with Crippen LogP contribution < -0.4 is 0 Å². The average molecular weight is 317 g/mol. The molecule has 0 radical (unpaired) electrons. The molecule has 122 valence electrons. The van der Waals surface area contributed by atoms with E-state index < -0.39 is 10.0 Å². The van der Waals surface area contributed by atoms with Crippen molar-refractivity contribution in [2.45, 2.75) is 25.8 Å². The number of piperidine rings is 1. The second-order valence-corrected chi connectivity index (χ2v) is 8.69. The van der Waals surface area contributed by atoms with Crippen molar-refractivity contribution in [2.24, 2.45) is 11.8 Å². The summed E-state index contributed by atoms with van der Waals surface area (Å²) in [4.78, 5) is 16.8. The van der Waals surface area contributed by atoms with Crippen LogP contribution in [0.3, 0.4) is 0 Å². The molecule has 0 N–H and O–H groups in total. The van der Waals surface area contributed by atoms with Crippen LogP contribution in [0.2, 0.25) is 0 Å². The number of likely N-dealkylation sites (tertiary alicyclic amines) is 1. The third-order valence-corrected chi connectivity index (χ3v) is 6.02. The molecule has 6 nitrogen and oxygen atoms in total. The zero-order chi connectivity index (χ0) is 15.8. The van der Waals surface area contributed by atoms with E-state index >= 15 is 0 Å². The molecule has 1 amide bonds. The van der Waals surface area contributed by atoms with Gasteiger partial charge in [-0.1, -0.05) is 6.92 Å². The van der Waals surface area contributed by atoms with E-state index in [1.165, 1.54) is 10.6 Å². The molecule has 7 heteroatoms. The lowest BCUT2D eigenvalue weighted by molar-refractivity contribution is -0.135. The van der Waals surface area contributed by atoms with E-state index in [1.807, 2.05) is 19.0 Å². The van der Waals surface area contributed by atoms with E-state index in [-0.39, 0.29) is 11.8 Å². The Kier molecular flexibility index (Phi) is 4.95. The number of rotatable bonds is 3. The van der Waals surface area contributed by atoms with Gasteiger partial charge in [-0.3, -0.25) is 4.79 Å². The summed E-state index contributed by atoms with van der Waals surface area (Å²) in [6, 6.07) is 0.392. The van der Waals surface area contributed by atoms with E-state index in [1.54, 1.807) is 0 Å². The van der Waals surface area contributed by atoms with Gasteiger partial charge in [0.1, 0.15) is 0 Å². The predicted octanol–water partition coefficient (Wildman–Crippen LogP) is 0.0665. The van der Waals surface area contributed by atoms with Crippen molar-refractivity contribution >= 4 is 15.9 Å². The normalized spacial score (nSPS) is 31.9. The molecule has 0 bridgehead atoms. The lowest BCUT2D eigenvalue weighted by Crippen LogP contribution is -2.46. The van der Waals surface area contributed by atoms with E-state index in [2.05, 4.69) is 11.8 Å². The maximum Gasteiger partial charge on any atom is 0.227 e. The molecule has 0 aliphatic carbocycles. The summed E-state index contributed by atoms with van der Waals surface area (Å²) in [6.07, 6.45) is 2.78. The molecule has 2 aliphatic heterocycles. The van der Waals surface area contributed by atoms with Gasteiger partial charge in [-0.05, 0) is 32.9 Å². The van der Waals surface area contributed by atoms with Crippen LogP contribution in [-0.2, 0) is 14.8 Å². The van der Waals surface area contributed by atoms with Gasteiger partial charge in [0, 0.05) is 32.2 Å². The highest BCUT2D eigenvalue weighted by Crippen LogP contribution is 2.26. The highest BCUT2D eigenvalue weighted by atomic mass is 32.2. The van der Waals surface area contributed by atoms with Crippen LogP contribution in [0.25, 0.3) is 0 Å². The number of amides is 1. The number of nitrogens with zero attached hydrogens (tertiary/aromatic N) is 3. The first-order valence-corrected chi connectivity index (χ1v) is 9.45. The third-order valence-electron chi connectivity index (χ3n) is 4.75. The number of hydrogen-bond donors (Lipinski definition) is 0. The van der Waals surface area contributed by atoms with Gasteiger partial charge in [0.15, 0.2) is 0 Å². The van der Waals surface area contributed by atoms with Crippen molar-refractivity contribution in [3.63, 3.8) is 0 Å². The largest absolute Gasteiger partial charge is 0.341 e. The minimum atomic E-state index is -3.20. The van der Waals surface area contributed by atoms with Crippen LogP contribution >= 0.6 is 0 Å². The van der Waals surface area contributed by atoms with E-state index in [0.29, 0.717) is 25.0 Å². The van der Waals surface area contributed by atoms with Gasteiger partial charge in [-0.2, -0.15) is 0 Å². The highest BCUT2D eigenvalue weighted by molar-refractivity contribution is 7.88. The van der Waals surface area contributed by atoms with Crippen LogP contribution in [0, 0.1) is 11.8 Å². The van der Waals surface area contributed by atoms with E-state index in [9.17, 15) is 13.2 Å². The van der Waals surface area contributed by atoms with Gasteiger partial charge >= 0.3 is 0 Å². The summed E-state index contributed by atoms with van der Waals surface area (Å²) >= 11 is 0. The van der Waals surface area contributed by atoms with Crippen molar-refractivity contribution in [1.82, 2.24) is 14.1 Å². The lowest BCUT2D eigenvalue weighted by Gasteiger charge is -2.32. The van der Waals surface area contributed by atoms with Gasteiger partial charge in [0.25, 0.3) is 0 Å². The monoisotopic (exact) mass is 317 g/mol. The van der Waals surface area contributed by atoms with Crippen molar-refractivity contribution in [1.29, 1.82) is 0 Å². The van der Waals surface area contributed by atoms with Crippen LogP contribution in [0.1, 0.15) is 19.8 Å². The minimum absolute atomic E-state index is 0.125. The quantitative estimate of drug-likeness (QED) is 0.739. The Morgan fingerprint density at radius 1 is 1.19 bits per heavy atom. The van der Waals surface area contributed by atoms with Crippen LogP contribution in [0.15, 0.2) is 0 Å². The summed E-state index contributed by atoms with van der Waals surface area (Å²) in [5.74, 6) is 0.402. The Hall–Kier alpha value is -0.660. The van der Waals surface area contributed by atoms with Gasteiger partial charge in [-0.25, -0.2) is 12.7 Å². The smallest absolute Gasteiger partial charge is 0.227 e. The molecule has 0 aromatic rings. The minimum Gasteiger partial charge on any atom is -0.341 e. The Bertz CT molecular complexity index is 492. The van der Waals surface area contributed by atoms with Crippen molar-refractivity contribution in [3.05, 3.63) is 0 Å². The number of sulfonamides is 1.